The molecule has 6 nitrogen and oxygen atoms in total. The number of hydrogen-bond donors (Lipinski definition) is 0. The smallest absolute Gasteiger partial charge is 0.360 e. The number of ether oxygens (including phenoxy) is 1. The van der Waals surface area contributed by atoms with Crippen LogP contribution < -0.4 is 0 Å². The van der Waals surface area contributed by atoms with Crippen molar-refractivity contribution in [2.75, 3.05) is 6.61 Å². The van der Waals surface area contributed by atoms with Crippen LogP contribution in [0.15, 0.2) is 63.7 Å². The maximum absolute atomic E-state index is 11.8. The summed E-state index contributed by atoms with van der Waals surface area (Å²) >= 11 is 3.44. The lowest BCUT2D eigenvalue weighted by atomic mass is 10.1. The summed E-state index contributed by atoms with van der Waals surface area (Å²) in [6, 6.07) is 17.6. The van der Waals surface area contributed by atoms with Crippen LogP contribution in [0.25, 0.3) is 22.2 Å². The summed E-state index contributed by atoms with van der Waals surface area (Å²) in [7, 11) is 0. The van der Waals surface area contributed by atoms with Crippen LogP contribution in [-0.2, 0) is 11.3 Å². The molecule has 0 aliphatic carbocycles. The van der Waals surface area contributed by atoms with E-state index in [0.717, 1.165) is 26.5 Å². The summed E-state index contributed by atoms with van der Waals surface area (Å²) in [4.78, 5) is 11.8. The fourth-order valence-electron chi connectivity index (χ4n) is 3.17. The van der Waals surface area contributed by atoms with Crippen molar-refractivity contribution in [1.82, 2.24) is 9.72 Å². The number of esters is 1. The first kappa shape index (κ1) is 19.0. The Morgan fingerprint density at radius 3 is 2.76 bits per heavy atom. The molecule has 2 aromatic carbocycles. The lowest BCUT2D eigenvalue weighted by Crippen LogP contribution is -2.04. The minimum Gasteiger partial charge on any atom is -0.461 e. The highest BCUT2D eigenvalue weighted by molar-refractivity contribution is 9.10. The molecule has 0 saturated heterocycles. The van der Waals surface area contributed by atoms with Gasteiger partial charge in [0.1, 0.15) is 6.07 Å². The van der Waals surface area contributed by atoms with Crippen LogP contribution in [0.1, 0.15) is 28.5 Å². The molecule has 0 radical (unpaired) electrons. The zero-order valence-corrected chi connectivity index (χ0v) is 17.1. The second-order valence-corrected chi connectivity index (χ2v) is 7.35. The van der Waals surface area contributed by atoms with E-state index in [1.165, 1.54) is 0 Å². The zero-order valence-electron chi connectivity index (χ0n) is 15.6. The summed E-state index contributed by atoms with van der Waals surface area (Å²) in [6.45, 7) is 2.65. The number of nitrogens with zero attached hydrogens (tertiary/aromatic N) is 3. The first-order valence-corrected chi connectivity index (χ1v) is 9.80. The summed E-state index contributed by atoms with van der Waals surface area (Å²) in [6.07, 6.45) is 1.85. The van der Waals surface area contributed by atoms with Gasteiger partial charge in [0, 0.05) is 39.7 Å². The number of benzene rings is 2. The van der Waals surface area contributed by atoms with Gasteiger partial charge in [-0.1, -0.05) is 33.2 Å². The monoisotopic (exact) mass is 449 g/mol. The number of rotatable bonds is 5. The Morgan fingerprint density at radius 2 is 2.03 bits per heavy atom. The Balaban J connectivity index is 1.70. The Hall–Kier alpha value is -3.37. The van der Waals surface area contributed by atoms with Gasteiger partial charge in [-0.3, -0.25) is 0 Å². The molecule has 0 N–H and O–H groups in total. The number of aromatic nitrogens is 2. The molecule has 0 saturated carbocycles. The van der Waals surface area contributed by atoms with Crippen LogP contribution >= 0.6 is 15.9 Å². The normalized spacial score (nSPS) is 10.8. The molecule has 0 unspecified atom stereocenters. The highest BCUT2D eigenvalue weighted by Gasteiger charge is 2.16. The Morgan fingerprint density at radius 1 is 1.24 bits per heavy atom. The molecule has 2 aromatic heterocycles. The highest BCUT2D eigenvalue weighted by atomic mass is 79.9. The second kappa shape index (κ2) is 7.94. The van der Waals surface area contributed by atoms with Crippen LogP contribution in [0.5, 0.6) is 0 Å². The predicted molar refractivity (Wildman–Crippen MR) is 111 cm³/mol. The van der Waals surface area contributed by atoms with Crippen molar-refractivity contribution < 1.29 is 14.1 Å². The van der Waals surface area contributed by atoms with Gasteiger partial charge in [-0.2, -0.15) is 5.26 Å². The van der Waals surface area contributed by atoms with E-state index in [2.05, 4.69) is 27.2 Å². The summed E-state index contributed by atoms with van der Waals surface area (Å²) in [5, 5.41) is 14.2. The predicted octanol–water partition coefficient (Wildman–Crippen LogP) is 5.16. The van der Waals surface area contributed by atoms with Crippen molar-refractivity contribution in [3.05, 3.63) is 76.0 Å². The standard InChI is InChI=1S/C22H16BrN3O3/c1-2-28-22(27)19-10-21(29-25-19)15-5-8-20-18(9-15)16(11-24)13-26(20)12-14-3-6-17(23)7-4-14/h3-10,13H,2,12H2,1H3. The minimum absolute atomic E-state index is 0.121. The first-order valence-electron chi connectivity index (χ1n) is 9.00. The van der Waals surface area contributed by atoms with Gasteiger partial charge in [-0.25, -0.2) is 4.79 Å². The molecule has 0 bridgehead atoms. The Labute approximate surface area is 175 Å². The lowest BCUT2D eigenvalue weighted by molar-refractivity contribution is 0.0514. The minimum atomic E-state index is -0.526. The van der Waals surface area contributed by atoms with E-state index >= 15 is 0 Å². The molecule has 144 valence electrons. The van der Waals surface area contributed by atoms with E-state index in [9.17, 15) is 10.1 Å². The third-order valence-electron chi connectivity index (χ3n) is 4.55. The van der Waals surface area contributed by atoms with Gasteiger partial charge >= 0.3 is 5.97 Å². The number of hydrogen-bond acceptors (Lipinski definition) is 5. The van der Waals surface area contributed by atoms with Crippen molar-refractivity contribution in [1.29, 1.82) is 5.26 Å². The van der Waals surface area contributed by atoms with Crippen molar-refractivity contribution in [2.45, 2.75) is 13.5 Å². The van der Waals surface area contributed by atoms with Gasteiger partial charge in [0.05, 0.1) is 12.2 Å². The number of fused-ring (bicyclic) bond motifs is 1. The first-order chi connectivity index (χ1) is 14.1. The summed E-state index contributed by atoms with van der Waals surface area (Å²) in [5.41, 5.74) is 3.50. The van der Waals surface area contributed by atoms with Crippen LogP contribution in [-0.4, -0.2) is 22.3 Å². The molecular weight excluding hydrogens is 434 g/mol. The Bertz CT molecular complexity index is 1230. The van der Waals surface area contributed by atoms with Gasteiger partial charge in [0.2, 0.25) is 0 Å². The molecule has 7 heteroatoms. The van der Waals surface area contributed by atoms with E-state index in [1.807, 2.05) is 53.2 Å². The van der Waals surface area contributed by atoms with E-state index in [4.69, 9.17) is 9.26 Å². The molecule has 2 heterocycles. The summed E-state index contributed by atoms with van der Waals surface area (Å²) in [5.74, 6) is -0.0820. The molecule has 0 aliphatic rings. The number of halogens is 1. The average Bonchev–Trinajstić information content (AvgIpc) is 3.35. The highest BCUT2D eigenvalue weighted by Crippen LogP contribution is 2.29. The van der Waals surface area contributed by atoms with E-state index in [0.29, 0.717) is 17.9 Å². The molecule has 29 heavy (non-hydrogen) atoms. The van der Waals surface area contributed by atoms with Crippen molar-refractivity contribution in [3.8, 4) is 17.4 Å². The van der Waals surface area contributed by atoms with Crippen LogP contribution in [0, 0.1) is 11.3 Å². The van der Waals surface area contributed by atoms with Crippen LogP contribution in [0.3, 0.4) is 0 Å². The van der Waals surface area contributed by atoms with E-state index in [1.54, 1.807) is 13.0 Å². The Kier molecular flexibility index (Phi) is 5.19. The zero-order chi connectivity index (χ0) is 20.4. The average molecular weight is 450 g/mol. The molecule has 4 aromatic rings. The fraction of sp³-hybridized carbons (Fsp3) is 0.136. The molecular formula is C22H16BrN3O3. The van der Waals surface area contributed by atoms with Gasteiger partial charge < -0.3 is 13.8 Å². The summed E-state index contributed by atoms with van der Waals surface area (Å²) < 4.78 is 13.3. The van der Waals surface area contributed by atoms with Gasteiger partial charge in [0.15, 0.2) is 11.5 Å². The van der Waals surface area contributed by atoms with Crippen molar-refractivity contribution in [3.63, 3.8) is 0 Å². The van der Waals surface area contributed by atoms with Gasteiger partial charge in [-0.05, 0) is 42.8 Å². The second-order valence-electron chi connectivity index (χ2n) is 6.44. The van der Waals surface area contributed by atoms with Crippen molar-refractivity contribution >= 4 is 32.8 Å². The molecule has 0 amide bonds. The number of carbonyl (C=O) groups excluding carboxylic acids is 1. The van der Waals surface area contributed by atoms with E-state index in [-0.39, 0.29) is 12.3 Å². The molecule has 0 aliphatic heterocycles. The number of carbonyl (C=O) groups is 1. The van der Waals surface area contributed by atoms with Gasteiger partial charge in [-0.15, -0.1) is 0 Å². The maximum atomic E-state index is 11.8. The molecule has 0 fully saturated rings. The maximum Gasteiger partial charge on any atom is 0.360 e. The third-order valence-corrected chi connectivity index (χ3v) is 5.08. The molecule has 4 rings (SSSR count). The van der Waals surface area contributed by atoms with E-state index < -0.39 is 5.97 Å². The van der Waals surface area contributed by atoms with Crippen LogP contribution in [0.2, 0.25) is 0 Å². The molecule has 0 atom stereocenters. The van der Waals surface area contributed by atoms with Crippen LogP contribution in [0.4, 0.5) is 0 Å². The van der Waals surface area contributed by atoms with Crippen molar-refractivity contribution in [2.24, 2.45) is 0 Å². The third kappa shape index (κ3) is 3.80. The SMILES string of the molecule is CCOC(=O)c1cc(-c2ccc3c(c2)c(C#N)cn3Cc2ccc(Br)cc2)on1. The lowest BCUT2D eigenvalue weighted by Gasteiger charge is -2.06. The quantitative estimate of drug-likeness (QED) is 0.393. The topological polar surface area (TPSA) is 81.0 Å². The fourth-order valence-corrected chi connectivity index (χ4v) is 3.43. The van der Waals surface area contributed by atoms with Gasteiger partial charge in [0.25, 0.3) is 0 Å². The largest absolute Gasteiger partial charge is 0.461 e. The molecule has 0 spiro atoms. The number of nitriles is 1.